The average molecular weight is 575 g/mol. The minimum atomic E-state index is -0.374. The van der Waals surface area contributed by atoms with Crippen LogP contribution in [0.4, 0.5) is 0 Å². The van der Waals surface area contributed by atoms with E-state index >= 15 is 0 Å². The summed E-state index contributed by atoms with van der Waals surface area (Å²) >= 11 is 0. The molecule has 13 heteroatoms. The zero-order valence-electron chi connectivity index (χ0n) is 24.2. The summed E-state index contributed by atoms with van der Waals surface area (Å²) in [7, 11) is 4.17. The molecule has 3 atom stereocenters. The van der Waals surface area contributed by atoms with Crippen molar-refractivity contribution >= 4 is 17.8 Å². The number of aliphatic hydroxyl groups is 1. The molecular formula is C27H46N2O11. The number of carbonyl (C=O) groups excluding carboxylic acids is 3. The molecule has 1 aliphatic carbocycles. The molecule has 5 N–H and O–H groups in total. The molecule has 1 saturated carbocycles. The van der Waals surface area contributed by atoms with Crippen LogP contribution in [0.1, 0.15) is 42.6 Å². The van der Waals surface area contributed by atoms with Gasteiger partial charge in [0, 0.05) is 54.2 Å². The monoisotopic (exact) mass is 574 g/mol. The topological polar surface area (TPSA) is 185 Å². The first-order valence-corrected chi connectivity index (χ1v) is 13.0. The molecule has 1 amide bonds. The molecule has 13 nitrogen and oxygen atoms in total. The molecule has 2 rings (SSSR count). The number of hydrogen-bond acceptors (Lipinski definition) is 12. The van der Waals surface area contributed by atoms with Crippen LogP contribution in [0.2, 0.25) is 0 Å². The third-order valence-electron chi connectivity index (χ3n) is 5.44. The molecule has 2 unspecified atom stereocenters. The van der Waals surface area contributed by atoms with E-state index < -0.39 is 0 Å². The van der Waals surface area contributed by atoms with Crippen molar-refractivity contribution in [2.75, 3.05) is 67.5 Å². The second kappa shape index (κ2) is 22.9. The molecule has 0 saturated heterocycles. The van der Waals surface area contributed by atoms with Gasteiger partial charge in [-0.1, -0.05) is 6.07 Å². The third-order valence-corrected chi connectivity index (χ3v) is 5.44. The van der Waals surface area contributed by atoms with E-state index in [2.05, 4.69) is 5.32 Å². The lowest BCUT2D eigenvalue weighted by molar-refractivity contribution is -0.165. The summed E-state index contributed by atoms with van der Waals surface area (Å²) < 4.78 is 30.8. The number of nitrogens with two attached hydrogens (primary N) is 1. The van der Waals surface area contributed by atoms with Gasteiger partial charge in [0.1, 0.15) is 18.0 Å². The number of esters is 2. The number of aliphatic hydroxyl groups excluding tert-OH is 1. The van der Waals surface area contributed by atoms with Crippen molar-refractivity contribution in [1.29, 1.82) is 0 Å². The Balaban J connectivity index is 0.000000747. The van der Waals surface area contributed by atoms with Crippen LogP contribution in [0.25, 0.3) is 0 Å². The van der Waals surface area contributed by atoms with Gasteiger partial charge in [-0.3, -0.25) is 14.4 Å². The van der Waals surface area contributed by atoms with E-state index in [4.69, 9.17) is 39.3 Å². The molecule has 0 aromatic heterocycles. The Morgan fingerprint density at radius 2 is 1.60 bits per heavy atom. The van der Waals surface area contributed by atoms with Crippen LogP contribution < -0.4 is 11.1 Å². The molecule has 40 heavy (non-hydrogen) atoms. The predicted octanol–water partition coefficient (Wildman–Crippen LogP) is 0.775. The second-order valence-electron chi connectivity index (χ2n) is 8.57. The molecular weight excluding hydrogens is 528 g/mol. The summed E-state index contributed by atoms with van der Waals surface area (Å²) in [4.78, 5) is 33.9. The minimum absolute atomic E-state index is 0.0616. The van der Waals surface area contributed by atoms with Gasteiger partial charge in [0.05, 0.1) is 45.2 Å². The van der Waals surface area contributed by atoms with E-state index in [1.165, 1.54) is 19.9 Å². The largest absolute Gasteiger partial charge is 0.507 e. The smallest absolute Gasteiger partial charge is 0.303 e. The second-order valence-corrected chi connectivity index (χ2v) is 8.57. The number of benzene rings is 1. The lowest BCUT2D eigenvalue weighted by Crippen LogP contribution is -2.35. The highest BCUT2D eigenvalue weighted by atomic mass is 16.6. The van der Waals surface area contributed by atoms with Crippen LogP contribution in [0, 0.1) is 5.92 Å². The summed E-state index contributed by atoms with van der Waals surface area (Å²) in [6, 6.07) is 4.80. The van der Waals surface area contributed by atoms with Gasteiger partial charge in [-0.05, 0) is 30.5 Å². The van der Waals surface area contributed by atoms with Gasteiger partial charge in [-0.25, -0.2) is 0 Å². The van der Waals surface area contributed by atoms with Crippen LogP contribution in [-0.2, 0) is 44.6 Å². The van der Waals surface area contributed by atoms with E-state index in [1.54, 1.807) is 26.4 Å². The summed E-state index contributed by atoms with van der Waals surface area (Å²) in [5.74, 6) is -1.00. The standard InChI is InChI=1S/C15H24N2O5.C11H18O5.CH4O/c1-20-11-12-2-3-14(18)13(10-12)15(19)17-5-7-22-9-8-21-6-4-16;1-7(12)15-10-5-4-9(6-14-3)11(10)16-8(2)13;1-2/h2-3,10,18H,4-9,11,16H2,1H3,(H,17,19);9-11H,4-6H2,1-3H3;2H,1H3/t;9?,10?,11-;/m.0./s1. The van der Waals surface area contributed by atoms with E-state index in [1.807, 2.05) is 0 Å². The minimum Gasteiger partial charge on any atom is -0.507 e. The molecule has 0 heterocycles. The Morgan fingerprint density at radius 3 is 2.17 bits per heavy atom. The number of nitrogens with one attached hydrogen (secondary N) is 1. The highest BCUT2D eigenvalue weighted by molar-refractivity contribution is 5.96. The number of methoxy groups -OCH3 is 2. The maximum Gasteiger partial charge on any atom is 0.303 e. The predicted molar refractivity (Wildman–Crippen MR) is 146 cm³/mol. The lowest BCUT2D eigenvalue weighted by Gasteiger charge is -2.23. The van der Waals surface area contributed by atoms with Gasteiger partial charge in [-0.2, -0.15) is 0 Å². The Labute approximate surface area is 236 Å². The van der Waals surface area contributed by atoms with Gasteiger partial charge >= 0.3 is 11.9 Å². The first-order valence-electron chi connectivity index (χ1n) is 13.0. The number of phenols is 1. The maximum absolute atomic E-state index is 12.0. The number of rotatable bonds is 15. The van der Waals surface area contributed by atoms with Crippen LogP contribution in [0.5, 0.6) is 5.75 Å². The van der Waals surface area contributed by atoms with Crippen LogP contribution in [0.3, 0.4) is 0 Å². The van der Waals surface area contributed by atoms with Gasteiger partial charge in [0.25, 0.3) is 5.91 Å². The van der Waals surface area contributed by atoms with E-state index in [0.717, 1.165) is 19.1 Å². The summed E-state index contributed by atoms with van der Waals surface area (Å²) in [6.07, 6.45) is 0.845. The Hall–Kier alpha value is -2.81. The van der Waals surface area contributed by atoms with Crippen molar-refractivity contribution < 1.29 is 53.0 Å². The highest BCUT2D eigenvalue weighted by Crippen LogP contribution is 2.31. The number of phenolic OH excluding ortho intramolecular Hbond substituents is 1. The van der Waals surface area contributed by atoms with Crippen molar-refractivity contribution in [2.24, 2.45) is 11.7 Å². The highest BCUT2D eigenvalue weighted by Gasteiger charge is 2.40. The average Bonchev–Trinajstić information content (AvgIpc) is 3.28. The number of ether oxygens (including phenoxy) is 6. The zero-order valence-corrected chi connectivity index (χ0v) is 24.2. The maximum atomic E-state index is 12.0. The molecule has 1 fully saturated rings. The molecule has 1 aromatic carbocycles. The number of aromatic hydroxyl groups is 1. The lowest BCUT2D eigenvalue weighted by atomic mass is 10.1. The fourth-order valence-corrected chi connectivity index (χ4v) is 3.86. The number of carbonyl (C=O) groups is 3. The van der Waals surface area contributed by atoms with Gasteiger partial charge in [0.2, 0.25) is 0 Å². The molecule has 0 bridgehead atoms. The van der Waals surface area contributed by atoms with Crippen molar-refractivity contribution in [3.05, 3.63) is 29.3 Å². The van der Waals surface area contributed by atoms with Crippen LogP contribution in [0.15, 0.2) is 18.2 Å². The Bertz CT molecular complexity index is 854. The van der Waals surface area contributed by atoms with Gasteiger partial charge in [0.15, 0.2) is 0 Å². The van der Waals surface area contributed by atoms with E-state index in [0.29, 0.717) is 59.2 Å². The molecule has 1 aliphatic rings. The number of amides is 1. The van der Waals surface area contributed by atoms with Crippen molar-refractivity contribution in [3.8, 4) is 5.75 Å². The van der Waals surface area contributed by atoms with Crippen molar-refractivity contribution in [3.63, 3.8) is 0 Å². The number of hydrogen-bond donors (Lipinski definition) is 4. The third kappa shape index (κ3) is 15.7. The first kappa shape index (κ1) is 37.2. The molecule has 1 aromatic rings. The van der Waals surface area contributed by atoms with Crippen LogP contribution >= 0.6 is 0 Å². The fraction of sp³-hybridized carbons (Fsp3) is 0.667. The quantitative estimate of drug-likeness (QED) is 0.171. The Kier molecular flexibility index (Phi) is 21.3. The fourth-order valence-electron chi connectivity index (χ4n) is 3.86. The van der Waals surface area contributed by atoms with Crippen molar-refractivity contribution in [2.45, 2.75) is 45.5 Å². The summed E-state index contributed by atoms with van der Waals surface area (Å²) in [6.45, 7) is 6.25. The first-order chi connectivity index (χ1) is 19.2. The van der Waals surface area contributed by atoms with Gasteiger partial charge in [-0.15, -0.1) is 0 Å². The molecule has 0 spiro atoms. The van der Waals surface area contributed by atoms with E-state index in [9.17, 15) is 19.5 Å². The van der Waals surface area contributed by atoms with Gasteiger partial charge < -0.3 is 49.7 Å². The Morgan fingerprint density at radius 1 is 0.950 bits per heavy atom. The molecule has 230 valence electrons. The van der Waals surface area contributed by atoms with E-state index in [-0.39, 0.29) is 47.3 Å². The normalized spacial score (nSPS) is 17.5. The zero-order chi connectivity index (χ0) is 30.3. The van der Waals surface area contributed by atoms with Crippen molar-refractivity contribution in [1.82, 2.24) is 5.32 Å². The molecule has 0 radical (unpaired) electrons. The SMILES string of the molecule is CO.COCC1CCC(OC(C)=O)[C@H]1OC(C)=O.COCc1ccc(O)c(C(=O)NCCOCCOCCN)c1. The summed E-state index contributed by atoms with van der Waals surface area (Å²) in [5, 5.41) is 19.4. The van der Waals surface area contributed by atoms with Crippen LogP contribution in [-0.4, -0.2) is 108 Å². The molecule has 0 aliphatic heterocycles. The summed E-state index contributed by atoms with van der Waals surface area (Å²) in [5.41, 5.74) is 6.32.